The van der Waals surface area contributed by atoms with Gasteiger partial charge in [0.25, 0.3) is 0 Å². The van der Waals surface area contributed by atoms with Crippen LogP contribution in [0.5, 0.6) is 0 Å². The number of rotatable bonds is 1. The van der Waals surface area contributed by atoms with E-state index < -0.39 is 0 Å². The summed E-state index contributed by atoms with van der Waals surface area (Å²) >= 11 is 0. The van der Waals surface area contributed by atoms with Gasteiger partial charge < -0.3 is 5.73 Å². The normalized spacial score (nSPS) is 11.5. The maximum atomic E-state index is 5.51. The van der Waals surface area contributed by atoms with E-state index >= 15 is 0 Å². The Hall–Kier alpha value is -1.97. The van der Waals surface area contributed by atoms with Crippen LogP contribution in [0, 0.1) is 0 Å². The zero-order valence-electron chi connectivity index (χ0n) is 10.3. The van der Waals surface area contributed by atoms with Gasteiger partial charge in [0.15, 0.2) is 0 Å². The van der Waals surface area contributed by atoms with Crippen LogP contribution >= 0.6 is 0 Å². The number of aromatic nitrogens is 3. The molecule has 2 aromatic rings. The monoisotopic (exact) mass is 228 g/mol. The van der Waals surface area contributed by atoms with Crippen molar-refractivity contribution in [1.82, 2.24) is 15.2 Å². The van der Waals surface area contributed by atoms with E-state index in [4.69, 9.17) is 5.73 Å². The van der Waals surface area contributed by atoms with Crippen molar-refractivity contribution in [3.63, 3.8) is 0 Å². The number of hydrogen-bond donors (Lipinski definition) is 1. The van der Waals surface area contributed by atoms with Crippen molar-refractivity contribution >= 4 is 5.95 Å². The Balaban J connectivity index is 2.36. The molecule has 0 unspecified atom stereocenters. The number of nitrogens with two attached hydrogens (primary N) is 1. The van der Waals surface area contributed by atoms with E-state index in [9.17, 15) is 0 Å². The summed E-state index contributed by atoms with van der Waals surface area (Å²) in [5, 5.41) is 7.43. The minimum absolute atomic E-state index is 0.154. The summed E-state index contributed by atoms with van der Waals surface area (Å²) in [4.78, 5) is 4.14. The Morgan fingerprint density at radius 1 is 1.06 bits per heavy atom. The molecule has 0 aliphatic carbocycles. The lowest BCUT2D eigenvalue weighted by atomic mass is 9.86. The highest BCUT2D eigenvalue weighted by Gasteiger charge is 2.13. The largest absolute Gasteiger partial charge is 0.366 e. The number of benzene rings is 1. The third kappa shape index (κ3) is 2.58. The molecule has 2 N–H and O–H groups in total. The zero-order chi connectivity index (χ0) is 12.5. The average molecular weight is 228 g/mol. The van der Waals surface area contributed by atoms with Gasteiger partial charge in [-0.05, 0) is 11.0 Å². The van der Waals surface area contributed by atoms with Crippen LogP contribution < -0.4 is 5.73 Å². The molecule has 1 aromatic carbocycles. The molecule has 0 bridgehead atoms. The topological polar surface area (TPSA) is 64.7 Å². The molecule has 88 valence electrons. The standard InChI is InChI=1S/C13H16N4/c1-13(2,3)10-6-4-9(5-7-10)11-8-15-17-12(14)16-11/h4-8H,1-3H3,(H2,14,16,17). The quantitative estimate of drug-likeness (QED) is 0.814. The van der Waals surface area contributed by atoms with Crippen molar-refractivity contribution in [2.24, 2.45) is 0 Å². The molecule has 0 spiro atoms. The molecule has 17 heavy (non-hydrogen) atoms. The second kappa shape index (κ2) is 4.13. The molecule has 2 rings (SSSR count). The van der Waals surface area contributed by atoms with Gasteiger partial charge in [0.1, 0.15) is 0 Å². The van der Waals surface area contributed by atoms with Crippen LogP contribution in [0.2, 0.25) is 0 Å². The van der Waals surface area contributed by atoms with E-state index in [2.05, 4.69) is 48.1 Å². The van der Waals surface area contributed by atoms with Crippen LogP contribution in [0.15, 0.2) is 30.5 Å². The minimum Gasteiger partial charge on any atom is -0.366 e. The van der Waals surface area contributed by atoms with Crippen molar-refractivity contribution < 1.29 is 0 Å². The molecule has 0 saturated carbocycles. The molecule has 0 amide bonds. The van der Waals surface area contributed by atoms with E-state index in [0.717, 1.165) is 11.3 Å². The fraction of sp³-hybridized carbons (Fsp3) is 0.308. The van der Waals surface area contributed by atoms with Gasteiger partial charge in [-0.2, -0.15) is 5.10 Å². The molecule has 0 fully saturated rings. The summed E-state index contributed by atoms with van der Waals surface area (Å²) < 4.78 is 0. The molecule has 4 nitrogen and oxygen atoms in total. The second-order valence-corrected chi connectivity index (χ2v) is 5.03. The Morgan fingerprint density at radius 2 is 1.71 bits per heavy atom. The van der Waals surface area contributed by atoms with Crippen LogP contribution in [0.25, 0.3) is 11.3 Å². The Bertz CT molecular complexity index is 512. The maximum Gasteiger partial charge on any atom is 0.240 e. The molecule has 0 saturated heterocycles. The van der Waals surface area contributed by atoms with Crippen LogP contribution in [0.3, 0.4) is 0 Å². The molecule has 0 aliphatic heterocycles. The highest BCUT2D eigenvalue weighted by molar-refractivity contribution is 5.59. The zero-order valence-corrected chi connectivity index (χ0v) is 10.3. The van der Waals surface area contributed by atoms with E-state index in [1.807, 2.05) is 12.1 Å². The van der Waals surface area contributed by atoms with E-state index in [0.29, 0.717) is 0 Å². The van der Waals surface area contributed by atoms with Crippen LogP contribution in [-0.4, -0.2) is 15.2 Å². The summed E-state index contributed by atoms with van der Waals surface area (Å²) in [6.45, 7) is 6.56. The van der Waals surface area contributed by atoms with Crippen molar-refractivity contribution in [2.75, 3.05) is 5.73 Å². The van der Waals surface area contributed by atoms with Gasteiger partial charge in [-0.1, -0.05) is 45.0 Å². The molecule has 0 atom stereocenters. The molecular formula is C13H16N4. The fourth-order valence-corrected chi connectivity index (χ4v) is 1.60. The highest BCUT2D eigenvalue weighted by Crippen LogP contribution is 2.25. The number of nitrogens with zero attached hydrogens (tertiary/aromatic N) is 3. The third-order valence-corrected chi connectivity index (χ3v) is 2.62. The van der Waals surface area contributed by atoms with Gasteiger partial charge in [-0.3, -0.25) is 0 Å². The van der Waals surface area contributed by atoms with Crippen LogP contribution in [0.4, 0.5) is 5.95 Å². The lowest BCUT2D eigenvalue weighted by Gasteiger charge is -2.19. The minimum atomic E-state index is 0.154. The van der Waals surface area contributed by atoms with E-state index in [-0.39, 0.29) is 11.4 Å². The van der Waals surface area contributed by atoms with Gasteiger partial charge in [0.05, 0.1) is 11.9 Å². The Morgan fingerprint density at radius 3 is 2.24 bits per heavy atom. The summed E-state index contributed by atoms with van der Waals surface area (Å²) in [5.41, 5.74) is 8.70. The van der Waals surface area contributed by atoms with Crippen LogP contribution in [0.1, 0.15) is 26.3 Å². The number of nitrogen functional groups attached to an aromatic ring is 1. The first kappa shape index (κ1) is 11.5. The molecule has 0 radical (unpaired) electrons. The second-order valence-electron chi connectivity index (χ2n) is 5.03. The molecule has 4 heteroatoms. The van der Waals surface area contributed by atoms with Crippen molar-refractivity contribution in [3.8, 4) is 11.3 Å². The van der Waals surface area contributed by atoms with Gasteiger partial charge in [-0.25, -0.2) is 4.98 Å². The molecule has 1 aromatic heterocycles. The van der Waals surface area contributed by atoms with Gasteiger partial charge in [0, 0.05) is 5.56 Å². The summed E-state index contributed by atoms with van der Waals surface area (Å²) in [6, 6.07) is 8.27. The smallest absolute Gasteiger partial charge is 0.240 e. The summed E-state index contributed by atoms with van der Waals surface area (Å²) in [5.74, 6) is 0.197. The van der Waals surface area contributed by atoms with Crippen molar-refractivity contribution in [3.05, 3.63) is 36.0 Å². The molecular weight excluding hydrogens is 212 g/mol. The lowest BCUT2D eigenvalue weighted by molar-refractivity contribution is 0.590. The predicted octanol–water partition coefficient (Wildman–Crippen LogP) is 2.42. The summed E-state index contributed by atoms with van der Waals surface area (Å²) in [7, 11) is 0. The van der Waals surface area contributed by atoms with Gasteiger partial charge in [-0.15, -0.1) is 5.10 Å². The van der Waals surface area contributed by atoms with E-state index in [1.54, 1.807) is 6.20 Å². The third-order valence-electron chi connectivity index (χ3n) is 2.62. The highest BCUT2D eigenvalue weighted by atomic mass is 15.2. The number of anilines is 1. The SMILES string of the molecule is CC(C)(C)c1ccc(-c2cnnc(N)n2)cc1. The number of hydrogen-bond acceptors (Lipinski definition) is 4. The molecule has 1 heterocycles. The first-order valence-electron chi connectivity index (χ1n) is 5.53. The lowest BCUT2D eigenvalue weighted by Crippen LogP contribution is -2.10. The Kier molecular flexibility index (Phi) is 2.79. The van der Waals surface area contributed by atoms with Crippen molar-refractivity contribution in [2.45, 2.75) is 26.2 Å². The Labute approximate surface area is 101 Å². The first-order chi connectivity index (χ1) is 7.97. The van der Waals surface area contributed by atoms with Crippen LogP contribution in [-0.2, 0) is 5.41 Å². The fourth-order valence-electron chi connectivity index (χ4n) is 1.60. The van der Waals surface area contributed by atoms with Crippen molar-refractivity contribution in [1.29, 1.82) is 0 Å². The van der Waals surface area contributed by atoms with E-state index in [1.165, 1.54) is 5.56 Å². The summed E-state index contributed by atoms with van der Waals surface area (Å²) in [6.07, 6.45) is 1.61. The maximum absolute atomic E-state index is 5.51. The van der Waals surface area contributed by atoms with Gasteiger partial charge in [0.2, 0.25) is 5.95 Å². The predicted molar refractivity (Wildman–Crippen MR) is 68.4 cm³/mol. The first-order valence-corrected chi connectivity index (χ1v) is 5.53. The molecule has 0 aliphatic rings. The van der Waals surface area contributed by atoms with Gasteiger partial charge >= 0.3 is 0 Å². The average Bonchev–Trinajstić information content (AvgIpc) is 2.28.